The average molecular weight is 270 g/mol. The molecule has 0 aliphatic heterocycles. The van der Waals surface area contributed by atoms with Gasteiger partial charge in [-0.3, -0.25) is 0 Å². The first-order valence-corrected chi connectivity index (χ1v) is 7.63. The molecule has 2 N–H and O–H groups in total. The lowest BCUT2D eigenvalue weighted by molar-refractivity contribution is 0.0521. The van der Waals surface area contributed by atoms with Crippen molar-refractivity contribution in [3.8, 4) is 0 Å². The van der Waals surface area contributed by atoms with Gasteiger partial charge in [0.25, 0.3) is 0 Å². The number of carbonyl (C=O) groups excluding carboxylic acids is 1. The topological polar surface area (TPSA) is 50.4 Å². The van der Waals surface area contributed by atoms with Gasteiger partial charge >= 0.3 is 6.09 Å². The summed E-state index contributed by atoms with van der Waals surface area (Å²) in [6.07, 6.45) is 7.10. The van der Waals surface area contributed by atoms with Gasteiger partial charge in [-0.1, -0.05) is 26.2 Å². The molecule has 0 bridgehead atoms. The van der Waals surface area contributed by atoms with Gasteiger partial charge in [0, 0.05) is 18.6 Å². The summed E-state index contributed by atoms with van der Waals surface area (Å²) in [5.41, 5.74) is -0.427. The van der Waals surface area contributed by atoms with Crippen molar-refractivity contribution in [2.24, 2.45) is 0 Å². The van der Waals surface area contributed by atoms with Gasteiger partial charge in [-0.25, -0.2) is 4.79 Å². The van der Waals surface area contributed by atoms with Crippen LogP contribution < -0.4 is 10.6 Å². The number of nitrogens with one attached hydrogen (secondary N) is 2. The van der Waals surface area contributed by atoms with Gasteiger partial charge in [-0.2, -0.15) is 0 Å². The summed E-state index contributed by atoms with van der Waals surface area (Å²) >= 11 is 0. The molecule has 1 fully saturated rings. The number of rotatable bonds is 6. The Morgan fingerprint density at radius 1 is 1.32 bits per heavy atom. The Bertz CT molecular complexity index is 268. The second-order valence-corrected chi connectivity index (χ2v) is 6.52. The smallest absolute Gasteiger partial charge is 0.407 e. The van der Waals surface area contributed by atoms with Crippen LogP contribution >= 0.6 is 0 Å². The highest BCUT2D eigenvalue weighted by Crippen LogP contribution is 2.18. The molecular formula is C15H30N2O2. The Labute approximate surface area is 117 Å². The molecule has 0 radical (unpaired) electrons. The summed E-state index contributed by atoms with van der Waals surface area (Å²) in [6, 6.07) is 0.998. The van der Waals surface area contributed by atoms with Gasteiger partial charge in [0.1, 0.15) is 5.60 Å². The Morgan fingerprint density at radius 3 is 2.47 bits per heavy atom. The summed E-state index contributed by atoms with van der Waals surface area (Å²) in [5.74, 6) is 0. The van der Waals surface area contributed by atoms with Gasteiger partial charge < -0.3 is 15.4 Å². The molecular weight excluding hydrogens is 240 g/mol. The van der Waals surface area contributed by atoms with E-state index in [0.29, 0.717) is 18.6 Å². The van der Waals surface area contributed by atoms with Crippen LogP contribution in [0.5, 0.6) is 0 Å². The van der Waals surface area contributed by atoms with E-state index in [1.807, 2.05) is 20.8 Å². The molecule has 1 amide bonds. The first kappa shape index (κ1) is 16.3. The van der Waals surface area contributed by atoms with Crippen LogP contribution in [0.2, 0.25) is 0 Å². The summed E-state index contributed by atoms with van der Waals surface area (Å²) in [6.45, 7) is 8.47. The third kappa shape index (κ3) is 7.41. The fraction of sp³-hybridized carbons (Fsp3) is 0.933. The monoisotopic (exact) mass is 270 g/mol. The van der Waals surface area contributed by atoms with E-state index in [1.54, 1.807) is 0 Å². The first-order chi connectivity index (χ1) is 8.90. The highest BCUT2D eigenvalue weighted by Gasteiger charge is 2.20. The fourth-order valence-electron chi connectivity index (χ4n) is 2.54. The van der Waals surface area contributed by atoms with E-state index >= 15 is 0 Å². The molecule has 19 heavy (non-hydrogen) atoms. The van der Waals surface area contributed by atoms with Crippen molar-refractivity contribution in [3.05, 3.63) is 0 Å². The van der Waals surface area contributed by atoms with Gasteiger partial charge in [0.15, 0.2) is 0 Å². The second kappa shape index (κ2) is 7.73. The molecule has 0 spiro atoms. The maximum atomic E-state index is 11.6. The number of alkyl carbamates (subject to hydrolysis) is 1. The highest BCUT2D eigenvalue weighted by molar-refractivity contribution is 5.67. The minimum Gasteiger partial charge on any atom is -0.444 e. The molecule has 1 saturated carbocycles. The zero-order valence-corrected chi connectivity index (χ0v) is 12.9. The maximum absolute atomic E-state index is 11.6. The molecule has 1 aliphatic rings. The number of hydrogen-bond donors (Lipinski definition) is 2. The van der Waals surface area contributed by atoms with Crippen molar-refractivity contribution in [1.29, 1.82) is 0 Å². The van der Waals surface area contributed by atoms with Gasteiger partial charge in [0.2, 0.25) is 0 Å². The van der Waals surface area contributed by atoms with E-state index in [9.17, 15) is 4.79 Å². The van der Waals surface area contributed by atoms with Gasteiger partial charge in [0.05, 0.1) is 0 Å². The number of ether oxygens (including phenoxy) is 1. The van der Waals surface area contributed by atoms with E-state index in [1.165, 1.54) is 25.7 Å². The van der Waals surface area contributed by atoms with Crippen LogP contribution in [0.4, 0.5) is 4.79 Å². The van der Waals surface area contributed by atoms with E-state index in [-0.39, 0.29) is 6.09 Å². The van der Waals surface area contributed by atoms with Crippen molar-refractivity contribution < 1.29 is 9.53 Å². The molecule has 1 atom stereocenters. The molecule has 1 unspecified atom stereocenters. The van der Waals surface area contributed by atoms with Crippen molar-refractivity contribution in [1.82, 2.24) is 10.6 Å². The molecule has 1 rings (SSSR count). The van der Waals surface area contributed by atoms with Crippen LogP contribution in [-0.2, 0) is 4.74 Å². The lowest BCUT2D eigenvalue weighted by atomic mass is 10.1. The van der Waals surface area contributed by atoms with E-state index < -0.39 is 5.60 Å². The molecule has 112 valence electrons. The first-order valence-electron chi connectivity index (χ1n) is 7.63. The molecule has 0 aromatic heterocycles. The lowest BCUT2D eigenvalue weighted by Gasteiger charge is -2.24. The summed E-state index contributed by atoms with van der Waals surface area (Å²) < 4.78 is 5.26. The van der Waals surface area contributed by atoms with Crippen molar-refractivity contribution in [2.75, 3.05) is 6.54 Å². The Balaban J connectivity index is 2.30. The lowest BCUT2D eigenvalue weighted by Crippen LogP contribution is -2.45. The van der Waals surface area contributed by atoms with Crippen LogP contribution in [0.1, 0.15) is 66.2 Å². The molecule has 0 heterocycles. The molecule has 4 heteroatoms. The Morgan fingerprint density at radius 2 is 1.95 bits per heavy atom. The summed E-state index contributed by atoms with van der Waals surface area (Å²) in [5, 5.41) is 6.54. The zero-order chi connectivity index (χ0) is 14.3. The standard InChI is InChI=1S/C15H30N2O2/c1-5-8-13(17-12-9-6-7-10-12)11-16-14(18)19-15(2,3)4/h12-13,17H,5-11H2,1-4H3,(H,16,18). The zero-order valence-electron chi connectivity index (χ0n) is 12.9. The molecule has 0 saturated heterocycles. The van der Waals surface area contributed by atoms with Crippen LogP contribution in [0.15, 0.2) is 0 Å². The van der Waals surface area contributed by atoms with Crippen LogP contribution in [0.3, 0.4) is 0 Å². The average Bonchev–Trinajstić information content (AvgIpc) is 2.76. The quantitative estimate of drug-likeness (QED) is 0.779. The minimum absolute atomic E-state index is 0.318. The van der Waals surface area contributed by atoms with Crippen molar-refractivity contribution >= 4 is 6.09 Å². The largest absolute Gasteiger partial charge is 0.444 e. The number of amides is 1. The molecule has 4 nitrogen and oxygen atoms in total. The number of hydrogen-bond acceptors (Lipinski definition) is 3. The van der Waals surface area contributed by atoms with Crippen LogP contribution in [0, 0.1) is 0 Å². The maximum Gasteiger partial charge on any atom is 0.407 e. The predicted molar refractivity (Wildman–Crippen MR) is 78.3 cm³/mol. The van der Waals surface area contributed by atoms with E-state index in [4.69, 9.17) is 4.74 Å². The van der Waals surface area contributed by atoms with Crippen LogP contribution in [0.25, 0.3) is 0 Å². The summed E-state index contributed by atoms with van der Waals surface area (Å²) in [7, 11) is 0. The van der Waals surface area contributed by atoms with Gasteiger partial charge in [-0.15, -0.1) is 0 Å². The predicted octanol–water partition coefficient (Wildman–Crippen LogP) is 3.21. The third-order valence-corrected chi connectivity index (χ3v) is 3.36. The molecule has 0 aromatic carbocycles. The van der Waals surface area contributed by atoms with Crippen LogP contribution in [-0.4, -0.2) is 30.3 Å². The van der Waals surface area contributed by atoms with E-state index in [2.05, 4.69) is 17.6 Å². The summed E-state index contributed by atoms with van der Waals surface area (Å²) in [4.78, 5) is 11.6. The molecule has 0 aromatic rings. The normalized spacial score (nSPS) is 18.3. The van der Waals surface area contributed by atoms with Crippen molar-refractivity contribution in [2.45, 2.75) is 83.9 Å². The Kier molecular flexibility index (Phi) is 6.63. The SMILES string of the molecule is CCCC(CNC(=O)OC(C)(C)C)NC1CCCC1. The third-order valence-electron chi connectivity index (χ3n) is 3.36. The van der Waals surface area contributed by atoms with Crippen molar-refractivity contribution in [3.63, 3.8) is 0 Å². The highest BCUT2D eigenvalue weighted by atomic mass is 16.6. The Hall–Kier alpha value is -0.770. The van der Waals surface area contributed by atoms with Gasteiger partial charge in [-0.05, 0) is 40.0 Å². The minimum atomic E-state index is -0.427. The van der Waals surface area contributed by atoms with E-state index in [0.717, 1.165) is 12.8 Å². The number of carbonyl (C=O) groups is 1. The second-order valence-electron chi connectivity index (χ2n) is 6.52. The molecule has 1 aliphatic carbocycles. The fourth-order valence-corrected chi connectivity index (χ4v) is 2.54.